The van der Waals surface area contributed by atoms with Crippen LogP contribution in [-0.4, -0.2) is 34.4 Å². The summed E-state index contributed by atoms with van der Waals surface area (Å²) < 4.78 is 0. The normalized spacial score (nSPS) is 30.8. The van der Waals surface area contributed by atoms with Crippen molar-refractivity contribution in [1.82, 2.24) is 20.7 Å². The molecule has 1 saturated carbocycles. The van der Waals surface area contributed by atoms with Crippen LogP contribution in [0.1, 0.15) is 36.9 Å². The van der Waals surface area contributed by atoms with Crippen LogP contribution in [-0.2, 0) is 17.8 Å². The van der Waals surface area contributed by atoms with Crippen LogP contribution in [0.15, 0.2) is 12.3 Å². The second-order valence-electron chi connectivity index (χ2n) is 6.59. The molecule has 2 N–H and O–H groups in total. The number of halogens is 1. The Morgan fingerprint density at radius 3 is 3.09 bits per heavy atom. The third kappa shape index (κ3) is 2.51. The molecule has 4 rings (SSSR count). The second-order valence-corrected chi connectivity index (χ2v) is 7.03. The second kappa shape index (κ2) is 5.80. The zero-order valence-corrected chi connectivity index (χ0v) is 13.3. The number of aromatic nitrogens is 1. The number of rotatable bonds is 1. The van der Waals surface area contributed by atoms with E-state index in [1.54, 1.807) is 6.20 Å². The molecule has 22 heavy (non-hydrogen) atoms. The molecule has 3 heterocycles. The van der Waals surface area contributed by atoms with Crippen molar-refractivity contribution in [1.29, 1.82) is 0 Å². The van der Waals surface area contributed by atoms with E-state index in [0.717, 1.165) is 30.6 Å². The average Bonchev–Trinajstić information content (AvgIpc) is 2.97. The first-order valence-electron chi connectivity index (χ1n) is 8.15. The largest absolute Gasteiger partial charge is 0.337 e. The van der Waals surface area contributed by atoms with Crippen LogP contribution in [0.3, 0.4) is 0 Å². The number of amides is 1. The van der Waals surface area contributed by atoms with Crippen molar-refractivity contribution in [3.05, 3.63) is 28.5 Å². The molecule has 3 aliphatic rings. The first-order chi connectivity index (χ1) is 10.7. The van der Waals surface area contributed by atoms with Crippen molar-refractivity contribution in [2.24, 2.45) is 5.92 Å². The van der Waals surface area contributed by atoms with Crippen LogP contribution in [0.4, 0.5) is 0 Å². The molecular weight excluding hydrogens is 300 g/mol. The number of carbonyl (C=O) groups is 1. The Hall–Kier alpha value is -1.17. The van der Waals surface area contributed by atoms with Crippen molar-refractivity contribution in [3.63, 3.8) is 0 Å². The highest BCUT2D eigenvalue weighted by Crippen LogP contribution is 2.31. The third-order valence-electron chi connectivity index (χ3n) is 5.26. The predicted molar refractivity (Wildman–Crippen MR) is 84.2 cm³/mol. The lowest BCUT2D eigenvalue weighted by atomic mass is 9.81. The Kier molecular flexibility index (Phi) is 3.80. The van der Waals surface area contributed by atoms with Gasteiger partial charge in [0.1, 0.15) is 6.04 Å². The van der Waals surface area contributed by atoms with Crippen LogP contribution < -0.4 is 10.9 Å². The van der Waals surface area contributed by atoms with Gasteiger partial charge in [-0.2, -0.15) is 0 Å². The van der Waals surface area contributed by atoms with Crippen molar-refractivity contribution < 1.29 is 4.79 Å². The van der Waals surface area contributed by atoms with Crippen LogP contribution in [0.2, 0.25) is 5.02 Å². The number of nitrogens with zero attached hydrogens (tertiary/aromatic N) is 2. The first-order valence-corrected chi connectivity index (χ1v) is 8.53. The van der Waals surface area contributed by atoms with Gasteiger partial charge in [0.05, 0.1) is 5.02 Å². The molecule has 5 nitrogen and oxygen atoms in total. The molecule has 3 atom stereocenters. The molecule has 2 fully saturated rings. The fourth-order valence-electron chi connectivity index (χ4n) is 4.07. The number of hydrogen-bond acceptors (Lipinski definition) is 4. The topological polar surface area (TPSA) is 57.3 Å². The lowest BCUT2D eigenvalue weighted by molar-refractivity contribution is -0.135. The SMILES string of the molecule is O=C(C1NNC2CCCCC21)N1CCc2ncc(Cl)cc2C1. The summed E-state index contributed by atoms with van der Waals surface area (Å²) in [4.78, 5) is 19.3. The van der Waals surface area contributed by atoms with Gasteiger partial charge in [-0.1, -0.05) is 24.4 Å². The molecule has 1 aromatic heterocycles. The van der Waals surface area contributed by atoms with Gasteiger partial charge in [0, 0.05) is 43.4 Å². The summed E-state index contributed by atoms with van der Waals surface area (Å²) in [5.41, 5.74) is 8.73. The molecule has 118 valence electrons. The fourth-order valence-corrected chi connectivity index (χ4v) is 4.25. The van der Waals surface area contributed by atoms with Gasteiger partial charge in [0.15, 0.2) is 0 Å². The summed E-state index contributed by atoms with van der Waals surface area (Å²) in [6.45, 7) is 1.37. The number of hydrogen-bond donors (Lipinski definition) is 2. The van der Waals surface area contributed by atoms with E-state index in [4.69, 9.17) is 11.6 Å². The van der Waals surface area contributed by atoms with Gasteiger partial charge in [-0.05, 0) is 24.5 Å². The number of pyridine rings is 1. The van der Waals surface area contributed by atoms with Crippen molar-refractivity contribution >= 4 is 17.5 Å². The predicted octanol–water partition coefficient (Wildman–Crippen LogP) is 1.65. The van der Waals surface area contributed by atoms with E-state index in [-0.39, 0.29) is 11.9 Å². The molecular formula is C16H21ClN4O. The highest BCUT2D eigenvalue weighted by Gasteiger charge is 2.42. The standard InChI is InChI=1S/C16H21ClN4O/c17-11-7-10-9-21(6-5-13(10)18-8-11)16(22)15-12-3-1-2-4-14(12)19-20-15/h7-8,12,14-15,19-20H,1-6,9H2. The number of carbonyl (C=O) groups excluding carboxylic acids is 1. The van der Waals surface area contributed by atoms with Gasteiger partial charge < -0.3 is 4.90 Å². The van der Waals surface area contributed by atoms with Gasteiger partial charge >= 0.3 is 0 Å². The molecule has 3 unspecified atom stereocenters. The van der Waals surface area contributed by atoms with Gasteiger partial charge in [0.2, 0.25) is 5.91 Å². The van der Waals surface area contributed by atoms with Gasteiger partial charge in [-0.15, -0.1) is 0 Å². The Balaban J connectivity index is 1.49. The minimum Gasteiger partial charge on any atom is -0.337 e. The van der Waals surface area contributed by atoms with E-state index in [1.807, 2.05) is 11.0 Å². The number of hydrazine groups is 1. The highest BCUT2D eigenvalue weighted by atomic mass is 35.5. The minimum atomic E-state index is -0.0843. The highest BCUT2D eigenvalue weighted by molar-refractivity contribution is 6.30. The summed E-state index contributed by atoms with van der Waals surface area (Å²) in [5.74, 6) is 0.646. The zero-order chi connectivity index (χ0) is 15.1. The molecule has 6 heteroatoms. The molecule has 0 bridgehead atoms. The Morgan fingerprint density at radius 2 is 2.18 bits per heavy atom. The van der Waals surface area contributed by atoms with Gasteiger partial charge in [-0.25, -0.2) is 5.43 Å². The lowest BCUT2D eigenvalue weighted by Crippen LogP contribution is -2.49. The molecule has 0 spiro atoms. The Labute approximate surface area is 135 Å². The Morgan fingerprint density at radius 1 is 1.32 bits per heavy atom. The molecule has 0 radical (unpaired) electrons. The summed E-state index contributed by atoms with van der Waals surface area (Å²) in [5, 5.41) is 0.640. The van der Waals surface area contributed by atoms with E-state index in [2.05, 4.69) is 15.8 Å². The Bertz CT molecular complexity index is 594. The molecule has 0 aromatic carbocycles. The summed E-state index contributed by atoms with van der Waals surface area (Å²) >= 11 is 6.03. The van der Waals surface area contributed by atoms with Gasteiger partial charge in [0.25, 0.3) is 0 Å². The van der Waals surface area contributed by atoms with Crippen molar-refractivity contribution in [3.8, 4) is 0 Å². The van der Waals surface area contributed by atoms with Crippen LogP contribution in [0.5, 0.6) is 0 Å². The van der Waals surface area contributed by atoms with E-state index in [1.165, 1.54) is 19.3 Å². The zero-order valence-electron chi connectivity index (χ0n) is 12.5. The average molecular weight is 321 g/mol. The number of fused-ring (bicyclic) bond motifs is 2. The van der Waals surface area contributed by atoms with Crippen LogP contribution >= 0.6 is 11.6 Å². The van der Waals surface area contributed by atoms with E-state index >= 15 is 0 Å². The molecule has 1 aromatic rings. The first kappa shape index (κ1) is 14.4. The lowest BCUT2D eigenvalue weighted by Gasteiger charge is -2.33. The third-order valence-corrected chi connectivity index (χ3v) is 5.46. The quantitative estimate of drug-likeness (QED) is 0.826. The molecule has 1 saturated heterocycles. The summed E-state index contributed by atoms with van der Waals surface area (Å²) in [6, 6.07) is 2.31. The van der Waals surface area contributed by atoms with E-state index < -0.39 is 0 Å². The molecule has 2 aliphatic heterocycles. The summed E-state index contributed by atoms with van der Waals surface area (Å²) in [7, 11) is 0. The number of nitrogens with one attached hydrogen (secondary N) is 2. The van der Waals surface area contributed by atoms with Crippen molar-refractivity contribution in [2.75, 3.05) is 6.54 Å². The maximum absolute atomic E-state index is 12.9. The van der Waals surface area contributed by atoms with Gasteiger partial charge in [-0.3, -0.25) is 15.2 Å². The van der Waals surface area contributed by atoms with E-state index in [0.29, 0.717) is 23.5 Å². The van der Waals surface area contributed by atoms with Crippen LogP contribution in [0, 0.1) is 5.92 Å². The fraction of sp³-hybridized carbons (Fsp3) is 0.625. The smallest absolute Gasteiger partial charge is 0.241 e. The summed E-state index contributed by atoms with van der Waals surface area (Å²) in [6.07, 6.45) is 7.30. The maximum Gasteiger partial charge on any atom is 0.241 e. The maximum atomic E-state index is 12.9. The molecule has 1 aliphatic carbocycles. The molecule has 1 amide bonds. The van der Waals surface area contributed by atoms with E-state index in [9.17, 15) is 4.79 Å². The monoisotopic (exact) mass is 320 g/mol. The van der Waals surface area contributed by atoms with Crippen LogP contribution in [0.25, 0.3) is 0 Å². The minimum absolute atomic E-state index is 0.0843. The van der Waals surface area contributed by atoms with Crippen molar-refractivity contribution in [2.45, 2.75) is 50.7 Å².